The second kappa shape index (κ2) is 7.37. The molecule has 1 aromatic carbocycles. The molecule has 2 rings (SSSR count). The van der Waals surface area contributed by atoms with Gasteiger partial charge in [-0.2, -0.15) is 0 Å². The van der Waals surface area contributed by atoms with Crippen LogP contribution < -0.4 is 5.32 Å². The largest absolute Gasteiger partial charge is 0.352 e. The van der Waals surface area contributed by atoms with Crippen molar-refractivity contribution >= 4 is 5.91 Å². The molecule has 20 heavy (non-hydrogen) atoms. The molecule has 0 saturated carbocycles. The van der Waals surface area contributed by atoms with Crippen LogP contribution >= 0.6 is 0 Å². The maximum absolute atomic E-state index is 12.0. The number of benzene rings is 1. The summed E-state index contributed by atoms with van der Waals surface area (Å²) in [6.45, 7) is 2.89. The van der Waals surface area contributed by atoms with Gasteiger partial charge >= 0.3 is 0 Å². The summed E-state index contributed by atoms with van der Waals surface area (Å²) in [5, 5.41) is 13.9. The number of rotatable bonds is 7. The first-order chi connectivity index (χ1) is 9.81. The van der Waals surface area contributed by atoms with Crippen molar-refractivity contribution in [1.29, 1.82) is 0 Å². The van der Waals surface area contributed by atoms with Crippen LogP contribution in [0.4, 0.5) is 0 Å². The molecule has 1 N–H and O–H groups in total. The lowest BCUT2D eigenvalue weighted by Crippen LogP contribution is -2.24. The number of nitrogens with one attached hydrogen (secondary N) is 1. The summed E-state index contributed by atoms with van der Waals surface area (Å²) in [4.78, 5) is 12.0. The van der Waals surface area contributed by atoms with E-state index < -0.39 is 0 Å². The van der Waals surface area contributed by atoms with Gasteiger partial charge in [0.25, 0.3) is 5.91 Å². The Balaban J connectivity index is 1.92. The highest BCUT2D eigenvalue weighted by Gasteiger charge is 2.06. The lowest BCUT2D eigenvalue weighted by Gasteiger charge is -2.06. The third-order valence-corrected chi connectivity index (χ3v) is 3.04. The molecule has 0 fully saturated rings. The lowest BCUT2D eigenvalue weighted by molar-refractivity contribution is 0.0953. The summed E-state index contributed by atoms with van der Waals surface area (Å²) in [5.41, 5.74) is 1.39. The summed E-state index contributed by atoms with van der Waals surface area (Å²) in [6.07, 6.45) is 6.09. The molecule has 1 amide bonds. The molecule has 0 spiro atoms. The van der Waals surface area contributed by atoms with Gasteiger partial charge < -0.3 is 5.32 Å². The van der Waals surface area contributed by atoms with Crippen molar-refractivity contribution in [2.75, 3.05) is 6.54 Å². The molecule has 0 radical (unpaired) electrons. The summed E-state index contributed by atoms with van der Waals surface area (Å²) in [5.74, 6) is -0.0589. The number of tetrazole rings is 1. The van der Waals surface area contributed by atoms with Crippen molar-refractivity contribution in [2.24, 2.45) is 0 Å². The van der Waals surface area contributed by atoms with Crippen molar-refractivity contribution in [3.63, 3.8) is 0 Å². The highest BCUT2D eigenvalue weighted by molar-refractivity contribution is 5.94. The molecule has 6 heteroatoms. The number of carbonyl (C=O) groups excluding carboxylic acids is 1. The number of amides is 1. The minimum atomic E-state index is -0.0589. The number of hydrogen-bond donors (Lipinski definition) is 1. The first-order valence-electron chi connectivity index (χ1n) is 6.93. The van der Waals surface area contributed by atoms with Crippen LogP contribution in [-0.2, 0) is 0 Å². The summed E-state index contributed by atoms with van der Waals surface area (Å²) in [7, 11) is 0. The molecule has 0 saturated heterocycles. The zero-order valence-electron chi connectivity index (χ0n) is 11.6. The van der Waals surface area contributed by atoms with Gasteiger partial charge in [0.05, 0.1) is 5.69 Å². The van der Waals surface area contributed by atoms with Crippen LogP contribution in [0.5, 0.6) is 0 Å². The Morgan fingerprint density at radius 1 is 1.30 bits per heavy atom. The third-order valence-electron chi connectivity index (χ3n) is 3.04. The van der Waals surface area contributed by atoms with Gasteiger partial charge in [0.2, 0.25) is 0 Å². The Morgan fingerprint density at radius 2 is 2.20 bits per heavy atom. The van der Waals surface area contributed by atoms with E-state index in [1.165, 1.54) is 23.9 Å². The van der Waals surface area contributed by atoms with E-state index in [1.807, 2.05) is 12.1 Å². The fourth-order valence-corrected chi connectivity index (χ4v) is 1.93. The molecule has 0 aliphatic carbocycles. The number of unbranched alkanes of at least 4 members (excludes halogenated alkanes) is 3. The van der Waals surface area contributed by atoms with Gasteiger partial charge in [-0.05, 0) is 35.0 Å². The fourth-order valence-electron chi connectivity index (χ4n) is 1.93. The summed E-state index contributed by atoms with van der Waals surface area (Å²) < 4.78 is 1.53. The quantitative estimate of drug-likeness (QED) is 0.783. The molecular formula is C14H19N5O. The van der Waals surface area contributed by atoms with E-state index in [1.54, 1.807) is 12.1 Å². The third kappa shape index (κ3) is 3.88. The van der Waals surface area contributed by atoms with E-state index in [-0.39, 0.29) is 5.91 Å². The van der Waals surface area contributed by atoms with Crippen LogP contribution in [0, 0.1) is 0 Å². The van der Waals surface area contributed by atoms with Gasteiger partial charge in [0.15, 0.2) is 0 Å². The normalized spacial score (nSPS) is 10.4. The van der Waals surface area contributed by atoms with Crippen molar-refractivity contribution in [3.05, 3.63) is 36.2 Å². The Kier molecular flexibility index (Phi) is 5.23. The molecule has 1 aromatic heterocycles. The van der Waals surface area contributed by atoms with Crippen molar-refractivity contribution in [1.82, 2.24) is 25.5 Å². The average molecular weight is 273 g/mol. The number of aromatic nitrogens is 4. The van der Waals surface area contributed by atoms with E-state index in [9.17, 15) is 4.79 Å². The van der Waals surface area contributed by atoms with Crippen LogP contribution in [0.25, 0.3) is 5.69 Å². The molecule has 0 aliphatic rings. The smallest absolute Gasteiger partial charge is 0.251 e. The van der Waals surface area contributed by atoms with Crippen LogP contribution in [0.15, 0.2) is 30.6 Å². The van der Waals surface area contributed by atoms with Crippen molar-refractivity contribution < 1.29 is 4.79 Å². The van der Waals surface area contributed by atoms with Crippen LogP contribution in [0.2, 0.25) is 0 Å². The molecule has 106 valence electrons. The Bertz CT molecular complexity index is 538. The molecule has 0 bridgehead atoms. The highest BCUT2D eigenvalue weighted by Crippen LogP contribution is 2.08. The van der Waals surface area contributed by atoms with Gasteiger partial charge in [0, 0.05) is 12.1 Å². The topological polar surface area (TPSA) is 72.7 Å². The zero-order chi connectivity index (χ0) is 14.2. The van der Waals surface area contributed by atoms with Crippen LogP contribution in [0.3, 0.4) is 0 Å². The van der Waals surface area contributed by atoms with Crippen LogP contribution in [0.1, 0.15) is 43.0 Å². The number of hydrogen-bond acceptors (Lipinski definition) is 4. The monoisotopic (exact) mass is 273 g/mol. The predicted molar refractivity (Wildman–Crippen MR) is 75.6 cm³/mol. The summed E-state index contributed by atoms with van der Waals surface area (Å²) in [6, 6.07) is 7.24. The molecular weight excluding hydrogens is 254 g/mol. The number of carbonyl (C=O) groups is 1. The number of nitrogens with zero attached hydrogens (tertiary/aromatic N) is 4. The van der Waals surface area contributed by atoms with Gasteiger partial charge in [-0.25, -0.2) is 4.68 Å². The fraction of sp³-hybridized carbons (Fsp3) is 0.429. The minimum absolute atomic E-state index is 0.0589. The average Bonchev–Trinajstić information content (AvgIpc) is 3.01. The predicted octanol–water partition coefficient (Wildman–Crippen LogP) is 1.97. The standard InChI is InChI=1S/C14H19N5O/c1-2-3-4-5-9-15-14(20)12-7-6-8-13(10-12)19-11-16-17-18-19/h6-8,10-11H,2-5,9H2,1H3,(H,15,20). The van der Waals surface area contributed by atoms with Gasteiger partial charge in [-0.1, -0.05) is 32.3 Å². The first kappa shape index (κ1) is 14.2. The molecule has 0 unspecified atom stereocenters. The summed E-state index contributed by atoms with van der Waals surface area (Å²) >= 11 is 0. The maximum atomic E-state index is 12.0. The zero-order valence-corrected chi connectivity index (χ0v) is 11.6. The Labute approximate surface area is 118 Å². The highest BCUT2D eigenvalue weighted by atomic mass is 16.1. The minimum Gasteiger partial charge on any atom is -0.352 e. The van der Waals surface area contributed by atoms with E-state index >= 15 is 0 Å². The molecule has 6 nitrogen and oxygen atoms in total. The second-order valence-corrected chi connectivity index (χ2v) is 4.62. The first-order valence-corrected chi connectivity index (χ1v) is 6.93. The van der Waals surface area contributed by atoms with E-state index in [2.05, 4.69) is 27.8 Å². The molecule has 0 atom stereocenters. The van der Waals surface area contributed by atoms with Gasteiger partial charge in [-0.3, -0.25) is 4.79 Å². The van der Waals surface area contributed by atoms with Gasteiger partial charge in [-0.15, -0.1) is 5.10 Å². The van der Waals surface area contributed by atoms with Crippen LogP contribution in [-0.4, -0.2) is 32.7 Å². The molecule has 1 heterocycles. The van der Waals surface area contributed by atoms with E-state index in [0.29, 0.717) is 12.1 Å². The maximum Gasteiger partial charge on any atom is 0.251 e. The van der Waals surface area contributed by atoms with Gasteiger partial charge in [0.1, 0.15) is 6.33 Å². The Hall–Kier alpha value is -2.24. The molecule has 2 aromatic rings. The van der Waals surface area contributed by atoms with Crippen molar-refractivity contribution in [3.8, 4) is 5.69 Å². The molecule has 0 aliphatic heterocycles. The lowest BCUT2D eigenvalue weighted by atomic mass is 10.1. The van der Waals surface area contributed by atoms with E-state index in [4.69, 9.17) is 0 Å². The van der Waals surface area contributed by atoms with Crippen molar-refractivity contribution in [2.45, 2.75) is 32.6 Å². The SMILES string of the molecule is CCCCCCNC(=O)c1cccc(-n2cnnn2)c1. The Morgan fingerprint density at radius 3 is 2.95 bits per heavy atom. The second-order valence-electron chi connectivity index (χ2n) is 4.62. The van der Waals surface area contributed by atoms with E-state index in [0.717, 1.165) is 18.5 Å².